The summed E-state index contributed by atoms with van der Waals surface area (Å²) in [5, 5.41) is 6.68. The number of amides is 2. The van der Waals surface area contributed by atoms with E-state index in [2.05, 4.69) is 20.4 Å². The van der Waals surface area contributed by atoms with Crippen LogP contribution >= 0.6 is 0 Å². The van der Waals surface area contributed by atoms with E-state index in [1.165, 1.54) is 18.3 Å². The lowest BCUT2D eigenvalue weighted by Crippen LogP contribution is -2.24. The Morgan fingerprint density at radius 1 is 1.27 bits per heavy atom. The molecule has 154 valence electrons. The molecule has 3 aromatic rings. The Morgan fingerprint density at radius 3 is 2.80 bits per heavy atom. The maximum Gasteiger partial charge on any atom is 0.253 e. The van der Waals surface area contributed by atoms with Gasteiger partial charge in [0.05, 0.1) is 12.1 Å². The van der Waals surface area contributed by atoms with E-state index in [4.69, 9.17) is 4.52 Å². The molecule has 1 aliphatic rings. The van der Waals surface area contributed by atoms with Crippen LogP contribution in [0.5, 0.6) is 0 Å². The van der Waals surface area contributed by atoms with Crippen molar-refractivity contribution in [2.75, 3.05) is 6.54 Å². The van der Waals surface area contributed by atoms with Crippen molar-refractivity contribution in [3.63, 3.8) is 0 Å². The van der Waals surface area contributed by atoms with Crippen LogP contribution in [0.15, 0.2) is 47.1 Å². The molecule has 0 saturated carbocycles. The highest BCUT2D eigenvalue weighted by Crippen LogP contribution is 2.27. The Kier molecular flexibility index (Phi) is 5.51. The molecule has 0 spiro atoms. The van der Waals surface area contributed by atoms with Crippen LogP contribution in [0.1, 0.15) is 45.7 Å². The first-order valence-corrected chi connectivity index (χ1v) is 9.53. The molecule has 1 unspecified atom stereocenters. The van der Waals surface area contributed by atoms with Crippen molar-refractivity contribution in [3.05, 3.63) is 76.9 Å². The van der Waals surface area contributed by atoms with Crippen LogP contribution in [-0.2, 0) is 17.9 Å². The molecule has 1 aromatic carbocycles. The first kappa shape index (κ1) is 19.7. The molecule has 9 heteroatoms. The number of pyridine rings is 1. The van der Waals surface area contributed by atoms with Gasteiger partial charge in [0, 0.05) is 37.3 Å². The van der Waals surface area contributed by atoms with E-state index >= 15 is 0 Å². The summed E-state index contributed by atoms with van der Waals surface area (Å²) in [5.41, 5.74) is 2.12. The second-order valence-corrected chi connectivity index (χ2v) is 7.22. The zero-order chi connectivity index (χ0) is 21.1. The summed E-state index contributed by atoms with van der Waals surface area (Å²) in [4.78, 5) is 34.6. The van der Waals surface area contributed by atoms with Gasteiger partial charge in [-0.1, -0.05) is 17.3 Å². The Hall–Kier alpha value is -3.62. The Labute approximate surface area is 172 Å². The lowest BCUT2D eigenvalue weighted by Gasteiger charge is -2.16. The zero-order valence-electron chi connectivity index (χ0n) is 16.3. The number of carbonyl (C=O) groups excluding carboxylic acids is 2. The van der Waals surface area contributed by atoms with Crippen molar-refractivity contribution in [2.45, 2.75) is 32.4 Å². The molecule has 4 rings (SSSR count). The third-order valence-electron chi connectivity index (χ3n) is 4.92. The topological polar surface area (TPSA) is 101 Å². The van der Waals surface area contributed by atoms with E-state index in [1.807, 2.05) is 6.92 Å². The Bertz CT molecular complexity index is 1050. The van der Waals surface area contributed by atoms with E-state index in [1.54, 1.807) is 29.2 Å². The molecule has 0 radical (unpaired) electrons. The summed E-state index contributed by atoms with van der Waals surface area (Å²) < 4.78 is 18.3. The minimum atomic E-state index is -0.311. The second kappa shape index (κ2) is 8.40. The highest BCUT2D eigenvalue weighted by Gasteiger charge is 2.33. The molecule has 0 aliphatic carbocycles. The van der Waals surface area contributed by atoms with Crippen molar-refractivity contribution in [1.29, 1.82) is 0 Å². The quantitative estimate of drug-likeness (QED) is 0.671. The van der Waals surface area contributed by atoms with Crippen LogP contribution in [0.4, 0.5) is 4.39 Å². The van der Waals surface area contributed by atoms with Crippen molar-refractivity contribution in [2.24, 2.45) is 0 Å². The number of benzene rings is 1. The van der Waals surface area contributed by atoms with Gasteiger partial charge in [0.1, 0.15) is 5.82 Å². The van der Waals surface area contributed by atoms with Crippen molar-refractivity contribution < 1.29 is 18.5 Å². The molecule has 2 aromatic heterocycles. The van der Waals surface area contributed by atoms with Crippen molar-refractivity contribution >= 4 is 11.8 Å². The summed E-state index contributed by atoms with van der Waals surface area (Å²) >= 11 is 0. The third kappa shape index (κ3) is 4.51. The molecule has 1 fully saturated rings. The number of hydrogen-bond donors (Lipinski definition) is 1. The number of nitrogens with one attached hydrogen (secondary N) is 1. The van der Waals surface area contributed by atoms with Crippen LogP contribution in [0.2, 0.25) is 0 Å². The van der Waals surface area contributed by atoms with Gasteiger partial charge >= 0.3 is 0 Å². The van der Waals surface area contributed by atoms with E-state index < -0.39 is 0 Å². The van der Waals surface area contributed by atoms with Gasteiger partial charge in [0.25, 0.3) is 5.91 Å². The first-order chi connectivity index (χ1) is 14.5. The number of aromatic nitrogens is 3. The number of hydrogen-bond acceptors (Lipinski definition) is 6. The maximum absolute atomic E-state index is 13.1. The number of halogens is 1. The lowest BCUT2D eigenvalue weighted by atomic mass is 10.1. The minimum absolute atomic E-state index is 0.0177. The minimum Gasteiger partial charge on any atom is -0.343 e. The number of nitrogens with zero attached hydrogens (tertiary/aromatic N) is 4. The van der Waals surface area contributed by atoms with E-state index in [-0.39, 0.29) is 42.4 Å². The number of rotatable bonds is 6. The highest BCUT2D eigenvalue weighted by atomic mass is 19.1. The van der Waals surface area contributed by atoms with Gasteiger partial charge in [0.2, 0.25) is 11.8 Å². The highest BCUT2D eigenvalue weighted by molar-refractivity contribution is 5.93. The van der Waals surface area contributed by atoms with Crippen LogP contribution in [0.3, 0.4) is 0 Å². The summed E-state index contributed by atoms with van der Waals surface area (Å²) in [6.45, 7) is 2.79. The first-order valence-electron chi connectivity index (χ1n) is 9.53. The van der Waals surface area contributed by atoms with Gasteiger partial charge in [-0.05, 0) is 36.8 Å². The number of carbonyl (C=O) groups is 2. The van der Waals surface area contributed by atoms with Gasteiger partial charge < -0.3 is 14.7 Å². The zero-order valence-corrected chi connectivity index (χ0v) is 16.3. The smallest absolute Gasteiger partial charge is 0.253 e. The van der Waals surface area contributed by atoms with Crippen LogP contribution in [0.25, 0.3) is 0 Å². The summed E-state index contributed by atoms with van der Waals surface area (Å²) in [7, 11) is 0. The fourth-order valence-corrected chi connectivity index (χ4v) is 3.27. The molecule has 8 nitrogen and oxygen atoms in total. The summed E-state index contributed by atoms with van der Waals surface area (Å²) in [6, 6.07) is 9.52. The predicted molar refractivity (Wildman–Crippen MR) is 104 cm³/mol. The Balaban J connectivity index is 1.33. The normalized spacial score (nSPS) is 16.1. The monoisotopic (exact) mass is 409 g/mol. The number of likely N-dealkylation sites (tertiary alicyclic amines) is 1. The van der Waals surface area contributed by atoms with Gasteiger partial charge in [-0.15, -0.1) is 0 Å². The molecule has 1 atom stereocenters. The van der Waals surface area contributed by atoms with Crippen LogP contribution in [0, 0.1) is 12.7 Å². The molecule has 1 N–H and O–H groups in total. The predicted octanol–water partition coefficient (Wildman–Crippen LogP) is 2.36. The maximum atomic E-state index is 13.1. The molecule has 0 bridgehead atoms. The summed E-state index contributed by atoms with van der Waals surface area (Å²) in [5.74, 6) is -0.101. The van der Waals surface area contributed by atoms with Crippen molar-refractivity contribution in [1.82, 2.24) is 25.3 Å². The van der Waals surface area contributed by atoms with E-state index in [9.17, 15) is 14.0 Å². The molecular weight excluding hydrogens is 389 g/mol. The van der Waals surface area contributed by atoms with Gasteiger partial charge in [-0.3, -0.25) is 14.6 Å². The fourth-order valence-electron chi connectivity index (χ4n) is 3.27. The molecule has 1 aliphatic heterocycles. The molecule has 3 heterocycles. The van der Waals surface area contributed by atoms with Crippen LogP contribution < -0.4 is 5.32 Å². The SMILES string of the molecule is Cc1ccc(C(=O)NCc2nc(C3CC(=O)N(Cc4ccc(F)cc4)C3)no2)cn1. The van der Waals surface area contributed by atoms with E-state index in [0.717, 1.165) is 11.3 Å². The second-order valence-electron chi connectivity index (χ2n) is 7.22. The standard InChI is InChI=1S/C21H20FN5O3/c1-13-2-5-15(9-23-13)21(29)24-10-18-25-20(26-30-18)16-8-19(28)27(12-16)11-14-3-6-17(22)7-4-14/h2-7,9,16H,8,10-12H2,1H3,(H,24,29). The molecule has 2 amide bonds. The van der Waals surface area contributed by atoms with Gasteiger partial charge in [0.15, 0.2) is 5.82 Å². The largest absolute Gasteiger partial charge is 0.343 e. The summed E-state index contributed by atoms with van der Waals surface area (Å²) in [6.07, 6.45) is 1.78. The average molecular weight is 409 g/mol. The van der Waals surface area contributed by atoms with Gasteiger partial charge in [-0.25, -0.2) is 4.39 Å². The van der Waals surface area contributed by atoms with Crippen LogP contribution in [-0.4, -0.2) is 38.4 Å². The average Bonchev–Trinajstić information content (AvgIpc) is 3.35. The fraction of sp³-hybridized carbons (Fsp3) is 0.286. The molecule has 1 saturated heterocycles. The molecule has 30 heavy (non-hydrogen) atoms. The Morgan fingerprint density at radius 2 is 2.07 bits per heavy atom. The third-order valence-corrected chi connectivity index (χ3v) is 4.92. The molecular formula is C21H20FN5O3. The van der Waals surface area contributed by atoms with Crippen molar-refractivity contribution in [3.8, 4) is 0 Å². The lowest BCUT2D eigenvalue weighted by molar-refractivity contribution is -0.128. The van der Waals surface area contributed by atoms with E-state index in [0.29, 0.717) is 24.5 Å². The number of aryl methyl sites for hydroxylation is 1. The van der Waals surface area contributed by atoms with Gasteiger partial charge in [-0.2, -0.15) is 4.98 Å².